The van der Waals surface area contributed by atoms with E-state index in [1.807, 2.05) is 6.92 Å². The second kappa shape index (κ2) is 13.3. The minimum absolute atomic E-state index is 0.862. The van der Waals surface area contributed by atoms with E-state index in [-0.39, 0.29) is 0 Å². The van der Waals surface area contributed by atoms with Crippen molar-refractivity contribution in [1.82, 2.24) is 0 Å². The molecule has 0 radical (unpaired) electrons. The van der Waals surface area contributed by atoms with Gasteiger partial charge >= 0.3 is 0 Å². The molecule has 0 heterocycles. The Morgan fingerprint density at radius 1 is 0.882 bits per heavy atom. The molecule has 1 heteroatoms. The third-order valence-electron chi connectivity index (χ3n) is 3.18. The highest BCUT2D eigenvalue weighted by Gasteiger charge is 1.92. The molecule has 0 bridgehead atoms. The van der Waals surface area contributed by atoms with Gasteiger partial charge in [-0.15, -0.1) is 0 Å². The summed E-state index contributed by atoms with van der Waals surface area (Å²) in [4.78, 5) is 0. The van der Waals surface area contributed by atoms with Gasteiger partial charge in [0, 0.05) is 5.57 Å². The Morgan fingerprint density at radius 3 is 1.82 bits per heavy atom. The first kappa shape index (κ1) is 16.2. The van der Waals surface area contributed by atoms with Crippen LogP contribution >= 0.6 is 0 Å². The van der Waals surface area contributed by atoms with Gasteiger partial charge in [0.25, 0.3) is 0 Å². The molecule has 0 aliphatic heterocycles. The number of hydrogen-bond donors (Lipinski definition) is 0. The monoisotopic (exact) mass is 235 g/mol. The van der Waals surface area contributed by atoms with E-state index in [0.29, 0.717) is 0 Å². The zero-order chi connectivity index (χ0) is 12.8. The molecule has 0 aromatic rings. The van der Waals surface area contributed by atoms with E-state index in [2.05, 4.69) is 19.1 Å². The van der Waals surface area contributed by atoms with Crippen molar-refractivity contribution in [2.24, 2.45) is 0 Å². The largest absolute Gasteiger partial charge is 0.193 e. The average Bonchev–Trinajstić information content (AvgIpc) is 2.35. The Labute approximate surface area is 108 Å². The van der Waals surface area contributed by atoms with Crippen LogP contribution in [0.2, 0.25) is 0 Å². The minimum atomic E-state index is 0.862. The van der Waals surface area contributed by atoms with Gasteiger partial charge in [0.15, 0.2) is 0 Å². The molecule has 17 heavy (non-hydrogen) atoms. The normalized spacial score (nSPS) is 11.5. The fourth-order valence-corrected chi connectivity index (χ4v) is 2.00. The number of nitrogens with zero attached hydrogens (tertiary/aromatic N) is 1. The molecule has 98 valence electrons. The van der Waals surface area contributed by atoms with E-state index in [1.165, 1.54) is 64.2 Å². The molecule has 0 aliphatic carbocycles. The Hall–Kier alpha value is -0.770. The van der Waals surface area contributed by atoms with Crippen molar-refractivity contribution >= 4 is 0 Å². The van der Waals surface area contributed by atoms with E-state index in [0.717, 1.165) is 12.0 Å². The first-order chi connectivity index (χ1) is 8.31. The molecule has 0 atom stereocenters. The maximum Gasteiger partial charge on any atom is 0.0940 e. The summed E-state index contributed by atoms with van der Waals surface area (Å²) in [6.45, 7) is 4.15. The predicted molar refractivity (Wildman–Crippen MR) is 75.8 cm³/mol. The van der Waals surface area contributed by atoms with Gasteiger partial charge in [-0.3, -0.25) is 0 Å². The van der Waals surface area contributed by atoms with E-state index < -0.39 is 0 Å². The van der Waals surface area contributed by atoms with Crippen LogP contribution in [0.3, 0.4) is 0 Å². The van der Waals surface area contributed by atoms with Crippen molar-refractivity contribution in [1.29, 1.82) is 5.26 Å². The highest BCUT2D eigenvalue weighted by Crippen LogP contribution is 2.11. The van der Waals surface area contributed by atoms with Crippen molar-refractivity contribution in [3.8, 4) is 6.07 Å². The van der Waals surface area contributed by atoms with E-state index in [9.17, 15) is 0 Å². The summed E-state index contributed by atoms with van der Waals surface area (Å²) in [5, 5.41) is 8.58. The van der Waals surface area contributed by atoms with Crippen LogP contribution in [0.5, 0.6) is 0 Å². The predicted octanol–water partition coefficient (Wildman–Crippen LogP) is 5.77. The third-order valence-corrected chi connectivity index (χ3v) is 3.18. The number of nitriles is 1. The fraction of sp³-hybridized carbons (Fsp3) is 0.812. The standard InChI is InChI=1S/C16H29N/c1-3-4-5-6-7-8-9-10-11-12-13-14-16(2)15-17/h14H,3-13H2,1-2H3. The summed E-state index contributed by atoms with van der Waals surface area (Å²) in [5.74, 6) is 0. The van der Waals surface area contributed by atoms with Crippen LogP contribution in [0.4, 0.5) is 0 Å². The van der Waals surface area contributed by atoms with Crippen LogP contribution in [0, 0.1) is 11.3 Å². The van der Waals surface area contributed by atoms with Gasteiger partial charge in [-0.25, -0.2) is 0 Å². The molecule has 0 spiro atoms. The molecule has 0 aromatic carbocycles. The van der Waals surface area contributed by atoms with Crippen LogP contribution in [0.1, 0.15) is 84.5 Å². The van der Waals surface area contributed by atoms with Gasteiger partial charge in [0.1, 0.15) is 0 Å². The van der Waals surface area contributed by atoms with Crippen LogP contribution < -0.4 is 0 Å². The van der Waals surface area contributed by atoms with Crippen molar-refractivity contribution in [2.45, 2.75) is 84.5 Å². The maximum atomic E-state index is 8.58. The van der Waals surface area contributed by atoms with Crippen molar-refractivity contribution in [3.05, 3.63) is 11.6 Å². The average molecular weight is 235 g/mol. The summed E-state index contributed by atoms with van der Waals surface area (Å²) in [6, 6.07) is 2.16. The summed E-state index contributed by atoms with van der Waals surface area (Å²) in [5.41, 5.74) is 0.862. The summed E-state index contributed by atoms with van der Waals surface area (Å²) < 4.78 is 0. The molecule has 0 fully saturated rings. The molecule has 0 rings (SSSR count). The lowest BCUT2D eigenvalue weighted by atomic mass is 10.1. The van der Waals surface area contributed by atoms with Crippen LogP contribution in [-0.2, 0) is 0 Å². The minimum Gasteiger partial charge on any atom is -0.193 e. The highest BCUT2D eigenvalue weighted by molar-refractivity contribution is 5.16. The van der Waals surface area contributed by atoms with Gasteiger partial charge in [0.2, 0.25) is 0 Å². The summed E-state index contributed by atoms with van der Waals surface area (Å²) in [6.07, 6.45) is 16.9. The first-order valence-electron chi connectivity index (χ1n) is 7.38. The fourth-order valence-electron chi connectivity index (χ4n) is 2.00. The van der Waals surface area contributed by atoms with Crippen molar-refractivity contribution in [2.75, 3.05) is 0 Å². The topological polar surface area (TPSA) is 23.8 Å². The summed E-state index contributed by atoms with van der Waals surface area (Å²) in [7, 11) is 0. The lowest BCUT2D eigenvalue weighted by Gasteiger charge is -2.01. The van der Waals surface area contributed by atoms with E-state index >= 15 is 0 Å². The van der Waals surface area contributed by atoms with Gasteiger partial charge < -0.3 is 0 Å². The quantitative estimate of drug-likeness (QED) is 0.329. The smallest absolute Gasteiger partial charge is 0.0940 e. The Morgan fingerprint density at radius 2 is 1.35 bits per heavy atom. The van der Waals surface area contributed by atoms with Crippen molar-refractivity contribution in [3.63, 3.8) is 0 Å². The lowest BCUT2D eigenvalue weighted by molar-refractivity contribution is 0.557. The van der Waals surface area contributed by atoms with Gasteiger partial charge in [-0.05, 0) is 19.8 Å². The van der Waals surface area contributed by atoms with Gasteiger partial charge in [-0.2, -0.15) is 5.26 Å². The van der Waals surface area contributed by atoms with Gasteiger partial charge in [-0.1, -0.05) is 70.8 Å². The van der Waals surface area contributed by atoms with Crippen LogP contribution in [0.25, 0.3) is 0 Å². The molecule has 0 aromatic heterocycles. The highest BCUT2D eigenvalue weighted by atomic mass is 14.2. The Bertz CT molecular complexity index is 222. The number of hydrogen-bond acceptors (Lipinski definition) is 1. The Balaban J connectivity index is 3.07. The first-order valence-corrected chi connectivity index (χ1v) is 7.38. The summed E-state index contributed by atoms with van der Waals surface area (Å²) >= 11 is 0. The molecule has 0 saturated heterocycles. The molecule has 0 unspecified atom stereocenters. The van der Waals surface area contributed by atoms with Crippen LogP contribution in [-0.4, -0.2) is 0 Å². The maximum absolute atomic E-state index is 8.58. The third kappa shape index (κ3) is 13.2. The zero-order valence-electron chi connectivity index (χ0n) is 11.8. The lowest BCUT2D eigenvalue weighted by Crippen LogP contribution is -1.81. The molecule has 0 aliphatic rings. The van der Waals surface area contributed by atoms with Crippen LogP contribution in [0.15, 0.2) is 11.6 Å². The molecule has 0 N–H and O–H groups in total. The zero-order valence-corrected chi connectivity index (χ0v) is 11.8. The second-order valence-electron chi connectivity index (χ2n) is 4.97. The molecule has 0 amide bonds. The Kier molecular flexibility index (Phi) is 12.7. The molecule has 0 saturated carbocycles. The van der Waals surface area contributed by atoms with E-state index in [1.54, 1.807) is 0 Å². The SMILES string of the molecule is CCCCCCCCCCCCC=C(C)C#N. The van der Waals surface area contributed by atoms with Crippen molar-refractivity contribution < 1.29 is 0 Å². The van der Waals surface area contributed by atoms with E-state index in [4.69, 9.17) is 5.26 Å². The second-order valence-corrected chi connectivity index (χ2v) is 4.97. The molecular formula is C16H29N. The van der Waals surface area contributed by atoms with Gasteiger partial charge in [0.05, 0.1) is 6.07 Å². The molecule has 1 nitrogen and oxygen atoms in total. The number of unbranched alkanes of at least 4 members (excludes halogenated alkanes) is 10. The number of rotatable bonds is 11. The number of allylic oxidation sites excluding steroid dienone is 2. The molecular weight excluding hydrogens is 206 g/mol.